The van der Waals surface area contributed by atoms with E-state index in [0.717, 1.165) is 6.54 Å². The van der Waals surface area contributed by atoms with Gasteiger partial charge in [0.1, 0.15) is 0 Å². The average Bonchev–Trinajstić information content (AvgIpc) is 2.63. The van der Waals surface area contributed by atoms with Crippen LogP contribution in [0.3, 0.4) is 0 Å². The maximum Gasteiger partial charge on any atom is 0.0233 e. The number of hydrogen-bond acceptors (Lipinski definition) is 2. The quantitative estimate of drug-likeness (QED) is 0.821. The average molecular weight is 335 g/mol. The van der Waals surface area contributed by atoms with Crippen molar-refractivity contribution in [2.45, 2.75) is 31.7 Å². The fraction of sp³-hybridized carbons (Fsp3) is 0.478. The smallest absolute Gasteiger partial charge is 0.0233 e. The molecule has 2 heterocycles. The topological polar surface area (TPSA) is 6.48 Å². The third-order valence-corrected chi connectivity index (χ3v) is 6.08. The predicted octanol–water partition coefficient (Wildman–Crippen LogP) is 4.39. The van der Waals surface area contributed by atoms with Crippen molar-refractivity contribution in [1.82, 2.24) is 9.80 Å². The molecule has 2 fully saturated rings. The minimum Gasteiger partial charge on any atom is -0.305 e. The molecule has 2 heteroatoms. The summed E-state index contributed by atoms with van der Waals surface area (Å²) in [5.41, 5.74) is 3.43. The van der Waals surface area contributed by atoms with Crippen molar-refractivity contribution in [2.24, 2.45) is 5.41 Å². The monoisotopic (exact) mass is 334 g/mol. The van der Waals surface area contributed by atoms with Gasteiger partial charge in [-0.1, -0.05) is 60.7 Å². The molecule has 2 aromatic carbocycles. The maximum absolute atomic E-state index is 2.69. The van der Waals surface area contributed by atoms with Crippen LogP contribution in [0.25, 0.3) is 0 Å². The van der Waals surface area contributed by atoms with Crippen LogP contribution >= 0.6 is 0 Å². The lowest BCUT2D eigenvalue weighted by atomic mass is 9.69. The fourth-order valence-electron chi connectivity index (χ4n) is 5.20. The Hall–Kier alpha value is -1.64. The lowest BCUT2D eigenvalue weighted by Gasteiger charge is -2.50. The third kappa shape index (κ3) is 3.96. The molecule has 2 atom stereocenters. The standard InChI is InChI=1S/C23H30N2/c1-24-17-22(21-11-6-3-7-12-21)15-23(18-24)13-8-14-25(19-23)16-20-9-4-2-5-10-20/h2-7,9-12,22H,8,13-19H2,1H3. The predicted molar refractivity (Wildman–Crippen MR) is 105 cm³/mol. The normalized spacial score (nSPS) is 28.3. The number of benzene rings is 2. The van der Waals surface area contributed by atoms with E-state index in [9.17, 15) is 0 Å². The molecule has 0 amide bonds. The first-order valence-electron chi connectivity index (χ1n) is 9.72. The van der Waals surface area contributed by atoms with E-state index in [2.05, 4.69) is 77.5 Å². The van der Waals surface area contributed by atoms with Crippen LogP contribution in [0.5, 0.6) is 0 Å². The molecule has 25 heavy (non-hydrogen) atoms. The highest BCUT2D eigenvalue weighted by Gasteiger charge is 2.41. The largest absolute Gasteiger partial charge is 0.305 e. The maximum atomic E-state index is 2.69. The van der Waals surface area contributed by atoms with Gasteiger partial charge in [0.05, 0.1) is 0 Å². The van der Waals surface area contributed by atoms with Crippen molar-refractivity contribution in [1.29, 1.82) is 0 Å². The summed E-state index contributed by atoms with van der Waals surface area (Å²) in [6.07, 6.45) is 4.06. The molecule has 2 saturated heterocycles. The van der Waals surface area contributed by atoms with Gasteiger partial charge in [-0.15, -0.1) is 0 Å². The van der Waals surface area contributed by atoms with Crippen molar-refractivity contribution in [3.63, 3.8) is 0 Å². The first-order chi connectivity index (χ1) is 12.2. The first-order valence-corrected chi connectivity index (χ1v) is 9.72. The molecule has 2 nitrogen and oxygen atoms in total. The molecular formula is C23H30N2. The van der Waals surface area contributed by atoms with Crippen LogP contribution in [0.2, 0.25) is 0 Å². The second kappa shape index (κ2) is 7.31. The van der Waals surface area contributed by atoms with E-state index in [-0.39, 0.29) is 0 Å². The van der Waals surface area contributed by atoms with Crippen molar-refractivity contribution in [2.75, 3.05) is 33.2 Å². The molecule has 2 aliphatic rings. The second-order valence-corrected chi connectivity index (χ2v) is 8.31. The van der Waals surface area contributed by atoms with E-state index in [4.69, 9.17) is 0 Å². The molecule has 132 valence electrons. The molecule has 0 saturated carbocycles. The van der Waals surface area contributed by atoms with Crippen molar-refractivity contribution < 1.29 is 0 Å². The molecule has 0 radical (unpaired) electrons. The zero-order valence-electron chi connectivity index (χ0n) is 15.4. The Morgan fingerprint density at radius 3 is 2.44 bits per heavy atom. The second-order valence-electron chi connectivity index (χ2n) is 8.31. The molecule has 2 aliphatic heterocycles. The van der Waals surface area contributed by atoms with Gasteiger partial charge in [-0.05, 0) is 55.3 Å². The molecule has 2 unspecified atom stereocenters. The third-order valence-electron chi connectivity index (χ3n) is 6.08. The summed E-state index contributed by atoms with van der Waals surface area (Å²) < 4.78 is 0. The first kappa shape index (κ1) is 16.8. The van der Waals surface area contributed by atoms with Gasteiger partial charge in [-0.25, -0.2) is 0 Å². The van der Waals surface area contributed by atoms with Gasteiger partial charge in [-0.2, -0.15) is 0 Å². The van der Waals surface area contributed by atoms with Crippen LogP contribution in [-0.4, -0.2) is 43.0 Å². The lowest BCUT2D eigenvalue weighted by Crippen LogP contribution is -2.53. The van der Waals surface area contributed by atoms with Gasteiger partial charge in [0, 0.05) is 26.2 Å². The van der Waals surface area contributed by atoms with E-state index in [1.54, 1.807) is 0 Å². The molecule has 0 aromatic heterocycles. The van der Waals surface area contributed by atoms with Gasteiger partial charge < -0.3 is 4.90 Å². The fourth-order valence-corrected chi connectivity index (χ4v) is 5.20. The van der Waals surface area contributed by atoms with E-state index in [0.29, 0.717) is 11.3 Å². The Balaban J connectivity index is 1.49. The minimum absolute atomic E-state index is 0.459. The van der Waals surface area contributed by atoms with E-state index in [1.807, 2.05) is 0 Å². The zero-order valence-corrected chi connectivity index (χ0v) is 15.4. The number of likely N-dealkylation sites (N-methyl/N-ethyl adjacent to an activating group) is 1. The minimum atomic E-state index is 0.459. The highest BCUT2D eigenvalue weighted by Crippen LogP contribution is 2.43. The highest BCUT2D eigenvalue weighted by molar-refractivity contribution is 5.22. The summed E-state index contributed by atoms with van der Waals surface area (Å²) in [5, 5.41) is 0. The number of nitrogens with zero attached hydrogens (tertiary/aromatic N) is 2. The summed E-state index contributed by atoms with van der Waals surface area (Å²) in [5.74, 6) is 0.677. The number of rotatable bonds is 3. The Morgan fingerprint density at radius 1 is 0.960 bits per heavy atom. The van der Waals surface area contributed by atoms with Crippen LogP contribution in [0.15, 0.2) is 60.7 Å². The summed E-state index contributed by atoms with van der Waals surface area (Å²) in [7, 11) is 2.31. The summed E-state index contributed by atoms with van der Waals surface area (Å²) in [6, 6.07) is 22.1. The Bertz CT molecular complexity index is 669. The molecule has 4 rings (SSSR count). The number of piperidine rings is 2. The number of hydrogen-bond donors (Lipinski definition) is 0. The molecular weight excluding hydrogens is 304 g/mol. The highest BCUT2D eigenvalue weighted by atomic mass is 15.2. The summed E-state index contributed by atoms with van der Waals surface area (Å²) in [4.78, 5) is 5.27. The SMILES string of the molecule is CN1CC(c2ccccc2)CC2(CCCN(Cc3ccccc3)C2)C1. The Kier molecular flexibility index (Phi) is 4.91. The van der Waals surface area contributed by atoms with Gasteiger partial charge >= 0.3 is 0 Å². The molecule has 0 N–H and O–H groups in total. The van der Waals surface area contributed by atoms with Gasteiger partial charge in [0.2, 0.25) is 0 Å². The van der Waals surface area contributed by atoms with Gasteiger partial charge in [-0.3, -0.25) is 4.90 Å². The van der Waals surface area contributed by atoms with E-state index >= 15 is 0 Å². The lowest BCUT2D eigenvalue weighted by molar-refractivity contribution is 0.0106. The van der Waals surface area contributed by atoms with Crippen LogP contribution < -0.4 is 0 Å². The zero-order chi connectivity index (χ0) is 17.1. The molecule has 0 aliphatic carbocycles. The Labute approximate surface area is 152 Å². The Morgan fingerprint density at radius 2 is 1.68 bits per heavy atom. The van der Waals surface area contributed by atoms with Gasteiger partial charge in [0.15, 0.2) is 0 Å². The van der Waals surface area contributed by atoms with Crippen LogP contribution in [0, 0.1) is 5.41 Å². The van der Waals surface area contributed by atoms with Crippen LogP contribution in [-0.2, 0) is 6.54 Å². The summed E-state index contributed by atoms with van der Waals surface area (Å²) >= 11 is 0. The molecule has 2 aromatic rings. The van der Waals surface area contributed by atoms with Crippen molar-refractivity contribution in [3.8, 4) is 0 Å². The van der Waals surface area contributed by atoms with E-state index < -0.39 is 0 Å². The summed E-state index contributed by atoms with van der Waals surface area (Å²) in [6.45, 7) is 6.04. The van der Waals surface area contributed by atoms with E-state index in [1.165, 1.54) is 56.6 Å². The molecule has 0 bridgehead atoms. The number of likely N-dealkylation sites (tertiary alicyclic amines) is 2. The van der Waals surface area contributed by atoms with Crippen LogP contribution in [0.1, 0.15) is 36.3 Å². The van der Waals surface area contributed by atoms with Gasteiger partial charge in [0.25, 0.3) is 0 Å². The van der Waals surface area contributed by atoms with Crippen molar-refractivity contribution in [3.05, 3.63) is 71.8 Å². The van der Waals surface area contributed by atoms with Crippen LogP contribution in [0.4, 0.5) is 0 Å². The van der Waals surface area contributed by atoms with Crippen molar-refractivity contribution >= 4 is 0 Å². The molecule has 1 spiro atoms.